The first-order valence-electron chi connectivity index (χ1n) is 6.94. The van der Waals surface area contributed by atoms with E-state index in [1.807, 2.05) is 32.9 Å². The van der Waals surface area contributed by atoms with Gasteiger partial charge in [-0.3, -0.25) is 9.78 Å². The molecule has 0 aliphatic rings. The molecule has 0 fully saturated rings. The van der Waals surface area contributed by atoms with E-state index in [4.69, 9.17) is 4.52 Å². The number of aryl methyl sites for hydroxylation is 3. The molecule has 0 bridgehead atoms. The van der Waals surface area contributed by atoms with E-state index in [1.54, 1.807) is 6.20 Å². The first-order chi connectivity index (χ1) is 10.5. The van der Waals surface area contributed by atoms with E-state index < -0.39 is 0 Å². The van der Waals surface area contributed by atoms with Crippen molar-refractivity contribution in [1.82, 2.24) is 20.1 Å². The van der Waals surface area contributed by atoms with Gasteiger partial charge in [0.2, 0.25) is 0 Å². The van der Waals surface area contributed by atoms with Crippen molar-refractivity contribution in [2.75, 3.05) is 0 Å². The largest absolute Gasteiger partial charge is 0.423 e. The second-order valence-corrected chi connectivity index (χ2v) is 5.45. The Morgan fingerprint density at radius 1 is 1.22 bits per heavy atom. The van der Waals surface area contributed by atoms with E-state index in [2.05, 4.69) is 20.1 Å². The Morgan fingerprint density at radius 2 is 2.00 bits per heavy atom. The predicted molar refractivity (Wildman–Crippen MR) is 82.9 cm³/mol. The van der Waals surface area contributed by atoms with Crippen molar-refractivity contribution in [2.45, 2.75) is 20.8 Å². The van der Waals surface area contributed by atoms with Crippen molar-refractivity contribution < 1.29 is 37.2 Å². The second kappa shape index (κ2) is 5.69. The molecule has 23 heavy (non-hydrogen) atoms. The summed E-state index contributed by atoms with van der Waals surface area (Å²) >= 11 is 0. The van der Waals surface area contributed by atoms with Gasteiger partial charge in [-0.25, -0.2) is 0 Å². The van der Waals surface area contributed by atoms with Crippen LogP contribution in [-0.2, 0) is 32.7 Å². The van der Waals surface area contributed by atoms with Gasteiger partial charge in [-0.05, 0) is 55.1 Å². The van der Waals surface area contributed by atoms with Crippen LogP contribution in [0.25, 0.3) is 33.1 Å². The third kappa shape index (κ3) is 2.46. The minimum atomic E-state index is -0.350. The Morgan fingerprint density at radius 3 is 2.70 bits per heavy atom. The number of imidazole rings is 1. The standard InChI is InChI=1S/C16H14N4O2.Y/c1-7-4-11-12(17-6-13-15(11)19-16(21)18-13)5-10(7)14-8(2)20-22-9(14)3;/h4-6H,1-3H3,(H2,17,18,19,21);/p-1. The maximum atomic E-state index is 11.4. The summed E-state index contributed by atoms with van der Waals surface area (Å²) < 4.78 is 5.26. The molecule has 3 heterocycles. The average molecular weight is 382 g/mol. The third-order valence-corrected chi connectivity index (χ3v) is 3.94. The molecule has 7 heteroatoms. The summed E-state index contributed by atoms with van der Waals surface area (Å²) in [5, 5.41) is 4.88. The second-order valence-electron chi connectivity index (χ2n) is 5.45. The zero-order valence-electron chi connectivity index (χ0n) is 13.0. The smallest absolute Gasteiger partial charge is 0.160 e. The van der Waals surface area contributed by atoms with Gasteiger partial charge in [0, 0.05) is 49.9 Å². The molecule has 113 valence electrons. The monoisotopic (exact) mass is 382 g/mol. The summed E-state index contributed by atoms with van der Waals surface area (Å²) in [5.41, 5.74) is 5.69. The number of aromatic amines is 1. The van der Waals surface area contributed by atoms with Gasteiger partial charge in [-0.15, -0.1) is 0 Å². The Labute approximate surface area is 156 Å². The fourth-order valence-corrected chi connectivity index (χ4v) is 2.93. The SMILES string of the molecule is Cc1cc2c(cc1-c1c(C)noc1C)ncc1[nH]c(=O)[n-]c12.[Y]. The number of fused-ring (bicyclic) bond motifs is 3. The van der Waals surface area contributed by atoms with Crippen molar-refractivity contribution in [3.63, 3.8) is 0 Å². The number of hydrogen-bond acceptors (Lipinski definition) is 4. The first kappa shape index (κ1) is 16.1. The van der Waals surface area contributed by atoms with Gasteiger partial charge < -0.3 is 14.5 Å². The molecule has 1 aromatic carbocycles. The Bertz CT molecular complexity index is 1070. The summed E-state index contributed by atoms with van der Waals surface area (Å²) in [6.45, 7) is 5.83. The van der Waals surface area contributed by atoms with Crippen LogP contribution >= 0.6 is 0 Å². The Kier molecular flexibility index (Phi) is 3.98. The molecule has 0 saturated carbocycles. The molecule has 4 aromatic rings. The molecule has 1 N–H and O–H groups in total. The van der Waals surface area contributed by atoms with E-state index in [-0.39, 0.29) is 38.4 Å². The van der Waals surface area contributed by atoms with Gasteiger partial charge in [0.1, 0.15) is 5.76 Å². The van der Waals surface area contributed by atoms with Gasteiger partial charge >= 0.3 is 0 Å². The molecule has 1 radical (unpaired) electrons. The fourth-order valence-electron chi connectivity index (χ4n) is 2.93. The zero-order chi connectivity index (χ0) is 15.4. The minimum absolute atomic E-state index is 0. The van der Waals surface area contributed by atoms with Crippen LogP contribution in [0, 0.1) is 20.8 Å². The number of pyridine rings is 1. The van der Waals surface area contributed by atoms with Crippen LogP contribution in [0.5, 0.6) is 0 Å². The molecule has 0 atom stereocenters. The maximum absolute atomic E-state index is 11.4. The number of aromatic nitrogens is 4. The number of nitrogens with zero attached hydrogens (tertiary/aromatic N) is 3. The quantitative estimate of drug-likeness (QED) is 0.547. The molecule has 3 aromatic heterocycles. The predicted octanol–water partition coefficient (Wildman–Crippen LogP) is 2.61. The fraction of sp³-hybridized carbons (Fsp3) is 0.188. The number of H-pyrrole nitrogens is 1. The molecule has 0 aliphatic heterocycles. The average Bonchev–Trinajstić information content (AvgIpc) is 3.01. The van der Waals surface area contributed by atoms with Gasteiger partial charge in [0.25, 0.3) is 0 Å². The maximum Gasteiger partial charge on any atom is 0.160 e. The summed E-state index contributed by atoms with van der Waals surface area (Å²) in [6, 6.07) is 4.00. The van der Waals surface area contributed by atoms with Crippen molar-refractivity contribution in [2.24, 2.45) is 0 Å². The Hall–Kier alpha value is -1.79. The Balaban J connectivity index is 0.00000156. The van der Waals surface area contributed by atoms with E-state index in [0.29, 0.717) is 11.0 Å². The minimum Gasteiger partial charge on any atom is -0.423 e. The van der Waals surface area contributed by atoms with Gasteiger partial charge in [0.15, 0.2) is 5.69 Å². The zero-order valence-corrected chi connectivity index (χ0v) is 15.8. The van der Waals surface area contributed by atoms with Crippen molar-refractivity contribution in [1.29, 1.82) is 0 Å². The molecular weight excluding hydrogens is 369 g/mol. The van der Waals surface area contributed by atoms with Crippen LogP contribution in [-0.4, -0.2) is 15.1 Å². The van der Waals surface area contributed by atoms with Crippen LogP contribution in [0.4, 0.5) is 0 Å². The molecule has 0 amide bonds. The van der Waals surface area contributed by atoms with Gasteiger partial charge in [0.05, 0.1) is 11.2 Å². The topological polar surface area (TPSA) is 85.9 Å². The normalized spacial score (nSPS) is 11.1. The first-order valence-corrected chi connectivity index (χ1v) is 6.94. The van der Waals surface area contributed by atoms with Crippen molar-refractivity contribution in [3.05, 3.63) is 45.8 Å². The third-order valence-electron chi connectivity index (χ3n) is 3.94. The molecule has 0 saturated heterocycles. The molecule has 0 spiro atoms. The van der Waals surface area contributed by atoms with Crippen LogP contribution in [0.15, 0.2) is 27.6 Å². The summed E-state index contributed by atoms with van der Waals surface area (Å²) in [4.78, 5) is 22.6. The molecule has 4 rings (SSSR count). The summed E-state index contributed by atoms with van der Waals surface area (Å²) in [6.07, 6.45) is 1.64. The number of rotatable bonds is 1. The van der Waals surface area contributed by atoms with Crippen LogP contribution in [0.2, 0.25) is 0 Å². The molecular formula is C16H13N4O2Y-. The van der Waals surface area contributed by atoms with E-state index in [1.165, 1.54) is 0 Å². The number of nitrogens with one attached hydrogen (secondary N) is 1. The summed E-state index contributed by atoms with van der Waals surface area (Å²) in [5.74, 6) is 0.780. The van der Waals surface area contributed by atoms with Crippen molar-refractivity contribution >= 4 is 21.9 Å². The van der Waals surface area contributed by atoms with Gasteiger partial charge in [-0.1, -0.05) is 5.16 Å². The molecule has 0 unspecified atom stereocenters. The van der Waals surface area contributed by atoms with E-state index >= 15 is 0 Å². The number of benzene rings is 1. The van der Waals surface area contributed by atoms with Crippen LogP contribution < -0.4 is 10.7 Å². The molecule has 0 aliphatic carbocycles. The molecule has 6 nitrogen and oxygen atoms in total. The van der Waals surface area contributed by atoms with Gasteiger partial charge in [-0.2, -0.15) is 0 Å². The van der Waals surface area contributed by atoms with Crippen LogP contribution in [0.1, 0.15) is 17.0 Å². The van der Waals surface area contributed by atoms with Crippen molar-refractivity contribution in [3.8, 4) is 11.1 Å². The van der Waals surface area contributed by atoms with E-state index in [0.717, 1.165) is 39.0 Å². The van der Waals surface area contributed by atoms with E-state index in [9.17, 15) is 4.79 Å². The summed E-state index contributed by atoms with van der Waals surface area (Å²) in [7, 11) is 0. The van der Waals surface area contributed by atoms with Crippen LogP contribution in [0.3, 0.4) is 0 Å². The number of hydrogen-bond donors (Lipinski definition) is 1.